The fourth-order valence-electron chi connectivity index (χ4n) is 2.68. The number of nitrogens with zero attached hydrogens (tertiary/aromatic N) is 1. The van der Waals surface area contributed by atoms with Gasteiger partial charge in [0.2, 0.25) is 0 Å². The van der Waals surface area contributed by atoms with Crippen LogP contribution in [0.15, 0.2) is 5.38 Å². The Bertz CT molecular complexity index is 315. The summed E-state index contributed by atoms with van der Waals surface area (Å²) in [7, 11) is 0. The molecule has 90 valence electrons. The van der Waals surface area contributed by atoms with Gasteiger partial charge in [0.05, 0.1) is 16.6 Å². The van der Waals surface area contributed by atoms with E-state index in [-0.39, 0.29) is 0 Å². The van der Waals surface area contributed by atoms with E-state index in [1.807, 2.05) is 0 Å². The number of hydrogen-bond acceptors (Lipinski definition) is 2. The van der Waals surface area contributed by atoms with Crippen molar-refractivity contribution in [3.8, 4) is 0 Å². The highest BCUT2D eigenvalue weighted by Gasteiger charge is 2.23. The minimum Gasteiger partial charge on any atom is -0.245 e. The third-order valence-corrected chi connectivity index (χ3v) is 4.93. The van der Waals surface area contributed by atoms with Crippen molar-refractivity contribution in [1.29, 1.82) is 0 Å². The van der Waals surface area contributed by atoms with Gasteiger partial charge < -0.3 is 0 Å². The molecular weight excluding hydrogens is 238 g/mol. The Morgan fingerprint density at radius 2 is 2.12 bits per heavy atom. The Kier molecular flexibility index (Phi) is 4.66. The highest BCUT2D eigenvalue weighted by Crippen LogP contribution is 2.38. The molecule has 1 heterocycles. The average Bonchev–Trinajstić information content (AvgIpc) is 2.79. The summed E-state index contributed by atoms with van der Waals surface area (Å²) in [6, 6.07) is 0. The highest BCUT2D eigenvalue weighted by atomic mass is 35.5. The number of halogens is 1. The third-order valence-electron chi connectivity index (χ3n) is 3.60. The lowest BCUT2D eigenvalue weighted by atomic mass is 9.80. The minimum absolute atomic E-state index is 0.557. The number of alkyl halides is 1. The SMILES string of the molecule is CCCC1CCC(c2nc(CCl)cs2)CC1. The second kappa shape index (κ2) is 6.02. The van der Waals surface area contributed by atoms with Gasteiger partial charge >= 0.3 is 0 Å². The molecule has 0 atom stereocenters. The lowest BCUT2D eigenvalue weighted by molar-refractivity contribution is 0.308. The van der Waals surface area contributed by atoms with Gasteiger partial charge in [-0.1, -0.05) is 19.8 Å². The standard InChI is InChI=1S/C13H20ClNS/c1-2-3-10-4-6-11(7-5-10)13-15-12(8-14)9-16-13/h9-11H,2-8H2,1H3. The molecule has 0 aromatic carbocycles. The summed E-state index contributed by atoms with van der Waals surface area (Å²) in [5, 5.41) is 3.44. The van der Waals surface area contributed by atoms with Crippen molar-refractivity contribution in [1.82, 2.24) is 4.98 Å². The molecule has 0 amide bonds. The van der Waals surface area contributed by atoms with Gasteiger partial charge in [-0.15, -0.1) is 22.9 Å². The summed E-state index contributed by atoms with van der Waals surface area (Å²) >= 11 is 7.59. The summed E-state index contributed by atoms with van der Waals surface area (Å²) < 4.78 is 0. The van der Waals surface area contributed by atoms with E-state index in [2.05, 4.69) is 17.3 Å². The Hall–Kier alpha value is -0.0800. The topological polar surface area (TPSA) is 12.9 Å². The summed E-state index contributed by atoms with van der Waals surface area (Å²) in [6.07, 6.45) is 8.21. The van der Waals surface area contributed by atoms with Crippen LogP contribution in [0.2, 0.25) is 0 Å². The van der Waals surface area contributed by atoms with Crippen molar-refractivity contribution in [3.05, 3.63) is 16.1 Å². The van der Waals surface area contributed by atoms with Gasteiger partial charge in [-0.25, -0.2) is 4.98 Å². The predicted octanol–water partition coefficient (Wildman–Crippen LogP) is 4.96. The summed E-state index contributed by atoms with van der Waals surface area (Å²) in [4.78, 5) is 4.61. The van der Waals surface area contributed by atoms with E-state index in [1.165, 1.54) is 43.5 Å². The predicted molar refractivity (Wildman–Crippen MR) is 71.3 cm³/mol. The molecule has 3 heteroatoms. The second-order valence-corrected chi connectivity index (χ2v) is 5.97. The maximum Gasteiger partial charge on any atom is 0.0959 e. The van der Waals surface area contributed by atoms with Gasteiger partial charge in [0.15, 0.2) is 0 Å². The van der Waals surface area contributed by atoms with E-state index in [9.17, 15) is 0 Å². The first-order chi connectivity index (χ1) is 7.83. The van der Waals surface area contributed by atoms with Gasteiger partial charge in [0, 0.05) is 11.3 Å². The van der Waals surface area contributed by atoms with Gasteiger partial charge in [-0.3, -0.25) is 0 Å². The van der Waals surface area contributed by atoms with Crippen molar-refractivity contribution < 1.29 is 0 Å². The van der Waals surface area contributed by atoms with Crippen LogP contribution >= 0.6 is 22.9 Å². The van der Waals surface area contributed by atoms with Crippen molar-refractivity contribution >= 4 is 22.9 Å². The molecule has 1 fully saturated rings. The van der Waals surface area contributed by atoms with E-state index in [1.54, 1.807) is 11.3 Å². The highest BCUT2D eigenvalue weighted by molar-refractivity contribution is 7.09. The molecule has 1 aromatic rings. The number of aromatic nitrogens is 1. The first kappa shape index (κ1) is 12.4. The molecule has 0 unspecified atom stereocenters. The van der Waals surface area contributed by atoms with Crippen LogP contribution in [-0.2, 0) is 5.88 Å². The normalized spacial score (nSPS) is 25.9. The zero-order chi connectivity index (χ0) is 11.4. The lowest BCUT2D eigenvalue weighted by Gasteiger charge is -2.26. The largest absolute Gasteiger partial charge is 0.245 e. The van der Waals surface area contributed by atoms with Crippen molar-refractivity contribution in [3.63, 3.8) is 0 Å². The van der Waals surface area contributed by atoms with Crippen LogP contribution in [0.5, 0.6) is 0 Å². The zero-order valence-corrected chi connectivity index (χ0v) is 11.5. The molecule has 1 aliphatic carbocycles. The Balaban J connectivity index is 1.88. The van der Waals surface area contributed by atoms with E-state index in [4.69, 9.17) is 11.6 Å². The molecule has 0 aliphatic heterocycles. The van der Waals surface area contributed by atoms with Crippen LogP contribution in [0.1, 0.15) is 62.1 Å². The Labute approximate surface area is 107 Å². The van der Waals surface area contributed by atoms with E-state index in [0.717, 1.165) is 17.5 Å². The molecule has 0 bridgehead atoms. The monoisotopic (exact) mass is 257 g/mol. The van der Waals surface area contributed by atoms with Crippen LogP contribution in [0.3, 0.4) is 0 Å². The molecular formula is C13H20ClNS. The Morgan fingerprint density at radius 1 is 1.38 bits per heavy atom. The van der Waals surface area contributed by atoms with Gasteiger partial charge in [0.25, 0.3) is 0 Å². The molecule has 1 saturated carbocycles. The number of rotatable bonds is 4. The van der Waals surface area contributed by atoms with Crippen molar-refractivity contribution in [2.45, 2.75) is 57.2 Å². The van der Waals surface area contributed by atoms with E-state index in [0.29, 0.717) is 5.88 Å². The van der Waals surface area contributed by atoms with Gasteiger partial charge in [-0.05, 0) is 31.6 Å². The van der Waals surface area contributed by atoms with Crippen LogP contribution in [0.25, 0.3) is 0 Å². The molecule has 1 nitrogen and oxygen atoms in total. The van der Waals surface area contributed by atoms with Crippen LogP contribution in [0, 0.1) is 5.92 Å². The quantitative estimate of drug-likeness (QED) is 0.695. The van der Waals surface area contributed by atoms with Gasteiger partial charge in [-0.2, -0.15) is 0 Å². The maximum absolute atomic E-state index is 5.79. The fraction of sp³-hybridized carbons (Fsp3) is 0.769. The zero-order valence-electron chi connectivity index (χ0n) is 9.92. The van der Waals surface area contributed by atoms with Crippen LogP contribution in [-0.4, -0.2) is 4.98 Å². The summed E-state index contributed by atoms with van der Waals surface area (Å²) in [6.45, 7) is 2.29. The van der Waals surface area contributed by atoms with Crippen LogP contribution in [0.4, 0.5) is 0 Å². The summed E-state index contributed by atoms with van der Waals surface area (Å²) in [5.74, 6) is 2.26. The number of hydrogen-bond donors (Lipinski definition) is 0. The molecule has 1 aliphatic rings. The van der Waals surface area contributed by atoms with E-state index < -0.39 is 0 Å². The molecule has 0 saturated heterocycles. The van der Waals surface area contributed by atoms with Crippen LogP contribution < -0.4 is 0 Å². The van der Waals surface area contributed by atoms with Crippen molar-refractivity contribution in [2.75, 3.05) is 0 Å². The fourth-order valence-corrected chi connectivity index (χ4v) is 3.90. The molecule has 2 rings (SSSR count). The van der Waals surface area contributed by atoms with E-state index >= 15 is 0 Å². The average molecular weight is 258 g/mol. The molecule has 0 spiro atoms. The smallest absolute Gasteiger partial charge is 0.0959 e. The second-order valence-electron chi connectivity index (χ2n) is 4.82. The molecule has 16 heavy (non-hydrogen) atoms. The molecule has 1 aromatic heterocycles. The minimum atomic E-state index is 0.557. The third kappa shape index (κ3) is 2.98. The maximum atomic E-state index is 5.79. The lowest BCUT2D eigenvalue weighted by Crippen LogP contribution is -2.13. The first-order valence-corrected chi connectivity index (χ1v) is 7.75. The Morgan fingerprint density at radius 3 is 2.69 bits per heavy atom. The first-order valence-electron chi connectivity index (χ1n) is 6.33. The molecule has 0 radical (unpaired) electrons. The van der Waals surface area contributed by atoms with Crippen molar-refractivity contribution in [2.24, 2.45) is 5.92 Å². The molecule has 0 N–H and O–H groups in total. The number of thiazole rings is 1. The summed E-state index contributed by atoms with van der Waals surface area (Å²) in [5.41, 5.74) is 1.05. The van der Waals surface area contributed by atoms with Gasteiger partial charge in [0.1, 0.15) is 0 Å².